The van der Waals surface area contributed by atoms with Gasteiger partial charge in [-0.3, -0.25) is 14.7 Å². The molecule has 5 rings (SSSR count). The molecule has 194 valence electrons. The van der Waals surface area contributed by atoms with E-state index < -0.39 is 11.8 Å². The third-order valence-corrected chi connectivity index (χ3v) is 7.02. The number of piperazine rings is 1. The highest BCUT2D eigenvalue weighted by Gasteiger charge is 2.21. The van der Waals surface area contributed by atoms with E-state index in [0.29, 0.717) is 18.7 Å². The maximum Gasteiger partial charge on any atom is 0.316 e. The molecule has 3 N–H and O–H groups in total. The van der Waals surface area contributed by atoms with Gasteiger partial charge in [0.2, 0.25) is 0 Å². The van der Waals surface area contributed by atoms with Crippen LogP contribution >= 0.6 is 0 Å². The van der Waals surface area contributed by atoms with E-state index in [4.69, 9.17) is 5.73 Å². The molecular weight excluding hydrogens is 476 g/mol. The van der Waals surface area contributed by atoms with Gasteiger partial charge in [0.15, 0.2) is 0 Å². The molecule has 0 atom stereocenters. The number of hydrogen-bond acceptors (Lipinski definition) is 5. The van der Waals surface area contributed by atoms with Crippen LogP contribution in [0.2, 0.25) is 0 Å². The molecule has 4 aromatic rings. The molecule has 8 heteroatoms. The molecule has 3 aromatic carbocycles. The van der Waals surface area contributed by atoms with Gasteiger partial charge in [0.25, 0.3) is 0 Å². The monoisotopic (exact) mass is 508 g/mol. The second kappa shape index (κ2) is 11.3. The van der Waals surface area contributed by atoms with Gasteiger partial charge in [0, 0.05) is 49.7 Å². The van der Waals surface area contributed by atoms with E-state index in [1.165, 1.54) is 10.6 Å². The average molecular weight is 509 g/mol. The molecule has 0 unspecified atom stereocenters. The molecule has 1 aromatic heterocycles. The summed E-state index contributed by atoms with van der Waals surface area (Å²) in [6, 6.07) is 27.8. The molecule has 8 nitrogen and oxygen atoms in total. The van der Waals surface area contributed by atoms with Crippen molar-refractivity contribution in [3.8, 4) is 22.5 Å². The average Bonchev–Trinajstić information content (AvgIpc) is 3.45. The Labute approximate surface area is 222 Å². The molecule has 0 radical (unpaired) electrons. The van der Waals surface area contributed by atoms with Crippen LogP contribution in [0.4, 0.5) is 11.4 Å². The zero-order valence-electron chi connectivity index (χ0n) is 21.5. The molecule has 1 saturated heterocycles. The van der Waals surface area contributed by atoms with Crippen molar-refractivity contribution in [3.63, 3.8) is 0 Å². The lowest BCUT2D eigenvalue weighted by molar-refractivity contribution is -0.135. The standard InChI is InChI=1S/C30H32N6O2/c1-34-17-19-35(20-18-34)25-11-7-23(8-12-25)27-21-28(33-32-27)24-9-13-26(14-10-24)36(30(38)29(31)37)16-15-22-5-3-2-4-6-22/h2-14,21H,15-20H2,1H3,(H2,31,37)(H,32,33). The number of nitrogens with one attached hydrogen (secondary N) is 1. The van der Waals surface area contributed by atoms with E-state index in [-0.39, 0.29) is 0 Å². The van der Waals surface area contributed by atoms with Gasteiger partial charge in [-0.25, -0.2) is 0 Å². The molecule has 0 spiro atoms. The van der Waals surface area contributed by atoms with E-state index in [0.717, 1.165) is 54.3 Å². The third-order valence-electron chi connectivity index (χ3n) is 7.02. The Hall–Kier alpha value is -4.43. The molecule has 2 amide bonds. The number of rotatable bonds is 7. The number of H-pyrrole nitrogens is 1. The fraction of sp³-hybridized carbons (Fsp3) is 0.233. The summed E-state index contributed by atoms with van der Waals surface area (Å²) in [4.78, 5) is 30.4. The van der Waals surface area contributed by atoms with Crippen molar-refractivity contribution < 1.29 is 9.59 Å². The van der Waals surface area contributed by atoms with Gasteiger partial charge in [-0.1, -0.05) is 54.6 Å². The highest BCUT2D eigenvalue weighted by Crippen LogP contribution is 2.28. The number of amides is 2. The van der Waals surface area contributed by atoms with Crippen LogP contribution in [0.3, 0.4) is 0 Å². The van der Waals surface area contributed by atoms with E-state index >= 15 is 0 Å². The van der Waals surface area contributed by atoms with Crippen LogP contribution in [0.5, 0.6) is 0 Å². The topological polar surface area (TPSA) is 98.6 Å². The Bertz CT molecular complexity index is 1370. The predicted molar refractivity (Wildman–Crippen MR) is 151 cm³/mol. The van der Waals surface area contributed by atoms with Crippen molar-refractivity contribution >= 4 is 23.2 Å². The van der Waals surface area contributed by atoms with E-state index in [1.54, 1.807) is 0 Å². The maximum atomic E-state index is 12.5. The third kappa shape index (κ3) is 5.76. The summed E-state index contributed by atoms with van der Waals surface area (Å²) >= 11 is 0. The minimum absolute atomic E-state index is 0.351. The van der Waals surface area contributed by atoms with Gasteiger partial charge in [-0.15, -0.1) is 0 Å². The summed E-state index contributed by atoms with van der Waals surface area (Å²) in [6.07, 6.45) is 0.610. The summed E-state index contributed by atoms with van der Waals surface area (Å²) in [5.41, 5.74) is 12.0. The molecule has 0 bridgehead atoms. The zero-order valence-corrected chi connectivity index (χ0v) is 21.5. The Morgan fingerprint density at radius 1 is 0.895 bits per heavy atom. The SMILES string of the molecule is CN1CCN(c2ccc(-c3cc(-c4ccc(N(CCc5ccccc5)C(=O)C(N)=O)cc4)[nH]n3)cc2)CC1. The van der Waals surface area contributed by atoms with Crippen molar-refractivity contribution in [2.45, 2.75) is 6.42 Å². The van der Waals surface area contributed by atoms with Crippen LogP contribution in [-0.2, 0) is 16.0 Å². The quantitative estimate of drug-likeness (QED) is 0.372. The van der Waals surface area contributed by atoms with Crippen LogP contribution in [0.25, 0.3) is 22.5 Å². The van der Waals surface area contributed by atoms with Crippen LogP contribution in [-0.4, -0.2) is 66.7 Å². The molecule has 1 aliphatic rings. The number of nitrogens with two attached hydrogens (primary N) is 1. The first-order valence-corrected chi connectivity index (χ1v) is 12.8. The second-order valence-electron chi connectivity index (χ2n) is 9.61. The van der Waals surface area contributed by atoms with Gasteiger partial charge in [0.05, 0.1) is 11.4 Å². The van der Waals surface area contributed by atoms with E-state index in [9.17, 15) is 9.59 Å². The van der Waals surface area contributed by atoms with Gasteiger partial charge in [-0.2, -0.15) is 5.10 Å². The van der Waals surface area contributed by atoms with Gasteiger partial charge in [0.1, 0.15) is 0 Å². The first kappa shape index (κ1) is 25.2. The van der Waals surface area contributed by atoms with Crippen molar-refractivity contribution in [2.75, 3.05) is 49.6 Å². The number of hydrogen-bond donors (Lipinski definition) is 2. The number of nitrogens with zero attached hydrogens (tertiary/aromatic N) is 4. The van der Waals surface area contributed by atoms with E-state index in [1.807, 2.05) is 60.7 Å². The minimum atomic E-state index is -0.973. The molecule has 1 fully saturated rings. The summed E-state index contributed by atoms with van der Waals surface area (Å²) in [5.74, 6) is -1.70. The van der Waals surface area contributed by atoms with Crippen molar-refractivity contribution in [2.24, 2.45) is 5.73 Å². The molecule has 0 saturated carbocycles. The van der Waals surface area contributed by atoms with Crippen molar-refractivity contribution in [1.82, 2.24) is 15.1 Å². The van der Waals surface area contributed by atoms with Crippen LogP contribution in [0.15, 0.2) is 84.9 Å². The first-order chi connectivity index (χ1) is 18.5. The molecular formula is C30H32N6O2. The molecule has 38 heavy (non-hydrogen) atoms. The van der Waals surface area contributed by atoms with Crippen LogP contribution in [0.1, 0.15) is 5.56 Å². The molecule has 0 aliphatic carbocycles. The Morgan fingerprint density at radius 2 is 1.55 bits per heavy atom. The van der Waals surface area contributed by atoms with Gasteiger partial charge < -0.3 is 20.4 Å². The summed E-state index contributed by atoms with van der Waals surface area (Å²) in [7, 11) is 2.16. The number of benzene rings is 3. The highest BCUT2D eigenvalue weighted by atomic mass is 16.2. The number of anilines is 2. The fourth-order valence-corrected chi connectivity index (χ4v) is 4.71. The van der Waals surface area contributed by atoms with Crippen LogP contribution in [0, 0.1) is 0 Å². The minimum Gasteiger partial charge on any atom is -0.369 e. The Kier molecular flexibility index (Phi) is 7.51. The highest BCUT2D eigenvalue weighted by molar-refractivity contribution is 6.39. The smallest absolute Gasteiger partial charge is 0.316 e. The lowest BCUT2D eigenvalue weighted by Gasteiger charge is -2.34. The largest absolute Gasteiger partial charge is 0.369 e. The maximum absolute atomic E-state index is 12.5. The zero-order chi connectivity index (χ0) is 26.5. The Balaban J connectivity index is 1.29. The van der Waals surface area contributed by atoms with Crippen molar-refractivity contribution in [1.29, 1.82) is 0 Å². The fourth-order valence-electron chi connectivity index (χ4n) is 4.71. The Morgan fingerprint density at radius 3 is 2.21 bits per heavy atom. The van der Waals surface area contributed by atoms with Gasteiger partial charge in [-0.05, 0) is 54.9 Å². The first-order valence-electron chi connectivity index (χ1n) is 12.8. The number of likely N-dealkylation sites (N-methyl/N-ethyl adjacent to an activating group) is 1. The predicted octanol–water partition coefficient (Wildman–Crippen LogP) is 3.56. The lowest BCUT2D eigenvalue weighted by atomic mass is 10.1. The lowest BCUT2D eigenvalue weighted by Crippen LogP contribution is -2.44. The molecule has 1 aliphatic heterocycles. The number of carbonyl (C=O) groups is 2. The molecule has 2 heterocycles. The summed E-state index contributed by atoms with van der Waals surface area (Å²) < 4.78 is 0. The van der Waals surface area contributed by atoms with E-state index in [2.05, 4.69) is 51.3 Å². The summed E-state index contributed by atoms with van der Waals surface area (Å²) in [5, 5.41) is 7.64. The summed E-state index contributed by atoms with van der Waals surface area (Å²) in [6.45, 7) is 4.57. The number of aromatic amines is 1. The van der Waals surface area contributed by atoms with Gasteiger partial charge >= 0.3 is 11.8 Å². The van der Waals surface area contributed by atoms with Crippen molar-refractivity contribution in [3.05, 3.63) is 90.5 Å². The number of carbonyl (C=O) groups excluding carboxylic acids is 2. The second-order valence-corrected chi connectivity index (χ2v) is 9.61. The number of primary amides is 1. The van der Waals surface area contributed by atoms with Crippen LogP contribution < -0.4 is 15.5 Å². The number of aromatic nitrogens is 2. The normalized spacial score (nSPS) is 13.9.